The Morgan fingerprint density at radius 3 is 2.68 bits per heavy atom. The number of ether oxygens (including phenoxy) is 1. The summed E-state index contributed by atoms with van der Waals surface area (Å²) in [7, 11) is 3.56. The molecule has 3 aromatic heterocycles. The van der Waals surface area contributed by atoms with E-state index in [-0.39, 0.29) is 0 Å². The number of rotatable bonds is 4. The van der Waals surface area contributed by atoms with Crippen LogP contribution in [0.4, 0.5) is 5.82 Å². The highest BCUT2D eigenvalue weighted by Gasteiger charge is 2.11. The van der Waals surface area contributed by atoms with Crippen molar-refractivity contribution in [2.24, 2.45) is 0 Å². The average molecular weight is 347 g/mol. The van der Waals surface area contributed by atoms with E-state index in [1.54, 1.807) is 18.4 Å². The van der Waals surface area contributed by atoms with Gasteiger partial charge in [0.25, 0.3) is 0 Å². The molecule has 4 aromatic rings. The molecule has 5 heteroatoms. The zero-order valence-electron chi connectivity index (χ0n) is 14.0. The quantitative estimate of drug-likeness (QED) is 0.559. The topological polar surface area (TPSA) is 47.0 Å². The molecular weight excluding hydrogens is 330 g/mol. The minimum absolute atomic E-state index is 0.847. The van der Waals surface area contributed by atoms with Crippen molar-refractivity contribution in [3.05, 3.63) is 60.8 Å². The van der Waals surface area contributed by atoms with Crippen molar-refractivity contribution < 1.29 is 4.74 Å². The predicted octanol–water partition coefficient (Wildman–Crippen LogP) is 5.08. The fraction of sp³-hybridized carbons (Fsp3) is 0.100. The van der Waals surface area contributed by atoms with Crippen LogP contribution in [0.1, 0.15) is 0 Å². The Morgan fingerprint density at radius 1 is 1.04 bits per heavy atom. The first kappa shape index (κ1) is 15.6. The van der Waals surface area contributed by atoms with Gasteiger partial charge in [-0.1, -0.05) is 12.1 Å². The number of methoxy groups -OCH3 is 1. The summed E-state index contributed by atoms with van der Waals surface area (Å²) < 4.78 is 5.48. The lowest BCUT2D eigenvalue weighted by molar-refractivity contribution is 0.416. The van der Waals surface area contributed by atoms with E-state index in [0.29, 0.717) is 0 Å². The van der Waals surface area contributed by atoms with Gasteiger partial charge in [-0.15, -0.1) is 11.3 Å². The third-order valence-corrected chi connectivity index (χ3v) is 5.15. The van der Waals surface area contributed by atoms with E-state index >= 15 is 0 Å². The Morgan fingerprint density at radius 2 is 1.92 bits per heavy atom. The Hall–Kier alpha value is -2.92. The van der Waals surface area contributed by atoms with Crippen LogP contribution >= 0.6 is 11.3 Å². The lowest BCUT2D eigenvalue weighted by Gasteiger charge is -2.05. The molecule has 124 valence electrons. The van der Waals surface area contributed by atoms with Crippen molar-refractivity contribution in [2.75, 3.05) is 19.5 Å². The molecule has 4 rings (SSSR count). The second-order valence-electron chi connectivity index (χ2n) is 5.58. The number of nitrogens with zero attached hydrogens (tertiary/aromatic N) is 2. The zero-order chi connectivity index (χ0) is 17.2. The molecule has 3 heterocycles. The largest absolute Gasteiger partial charge is 0.496 e. The van der Waals surface area contributed by atoms with Crippen LogP contribution in [-0.2, 0) is 0 Å². The van der Waals surface area contributed by atoms with E-state index in [1.807, 2.05) is 49.6 Å². The molecule has 0 saturated carbocycles. The van der Waals surface area contributed by atoms with Crippen LogP contribution in [0.5, 0.6) is 5.75 Å². The number of pyridine rings is 2. The first-order valence-corrected chi connectivity index (χ1v) is 8.78. The maximum absolute atomic E-state index is 5.48. The van der Waals surface area contributed by atoms with Crippen molar-refractivity contribution in [1.29, 1.82) is 0 Å². The molecule has 0 unspecified atom stereocenters. The third kappa shape index (κ3) is 2.94. The van der Waals surface area contributed by atoms with Gasteiger partial charge >= 0.3 is 0 Å². The molecule has 0 amide bonds. The van der Waals surface area contributed by atoms with Gasteiger partial charge in [-0.25, -0.2) is 9.97 Å². The maximum Gasteiger partial charge on any atom is 0.127 e. The van der Waals surface area contributed by atoms with Gasteiger partial charge in [0.15, 0.2) is 0 Å². The molecule has 0 aliphatic heterocycles. The standard InChI is InChI=1S/C20H17N3OS/c1-21-19-10-8-14(12-22-19)16-9-7-13-11-18(25-20(13)23-16)15-5-3-4-6-17(15)24-2/h3-12H,1-2H3,(H,21,22). The average Bonchev–Trinajstić information content (AvgIpc) is 3.11. The van der Waals surface area contributed by atoms with Crippen molar-refractivity contribution in [3.8, 4) is 27.4 Å². The molecule has 1 N–H and O–H groups in total. The van der Waals surface area contributed by atoms with Gasteiger partial charge in [-0.2, -0.15) is 0 Å². The minimum atomic E-state index is 0.847. The number of hydrogen-bond acceptors (Lipinski definition) is 5. The fourth-order valence-corrected chi connectivity index (χ4v) is 3.81. The van der Waals surface area contributed by atoms with Crippen LogP contribution in [0.25, 0.3) is 31.9 Å². The van der Waals surface area contributed by atoms with Gasteiger partial charge < -0.3 is 10.1 Å². The van der Waals surface area contributed by atoms with Gasteiger partial charge in [0.1, 0.15) is 16.4 Å². The van der Waals surface area contributed by atoms with E-state index in [9.17, 15) is 0 Å². The molecule has 0 atom stereocenters. The fourth-order valence-electron chi connectivity index (χ4n) is 2.75. The molecule has 0 bridgehead atoms. The van der Waals surface area contributed by atoms with Crippen LogP contribution < -0.4 is 10.1 Å². The summed E-state index contributed by atoms with van der Waals surface area (Å²) >= 11 is 1.67. The van der Waals surface area contributed by atoms with Gasteiger partial charge in [0.05, 0.1) is 12.8 Å². The number of thiophene rings is 1. The molecule has 25 heavy (non-hydrogen) atoms. The smallest absolute Gasteiger partial charge is 0.127 e. The van der Waals surface area contributed by atoms with Gasteiger partial charge in [0, 0.05) is 34.6 Å². The van der Waals surface area contributed by atoms with Crippen LogP contribution in [-0.4, -0.2) is 24.1 Å². The second kappa shape index (κ2) is 6.53. The van der Waals surface area contributed by atoms with E-state index in [2.05, 4.69) is 28.5 Å². The minimum Gasteiger partial charge on any atom is -0.496 e. The molecular formula is C20H17N3OS. The number of nitrogens with one attached hydrogen (secondary N) is 1. The number of fused-ring (bicyclic) bond motifs is 1. The number of aromatic nitrogens is 2. The van der Waals surface area contributed by atoms with E-state index in [0.717, 1.165) is 43.5 Å². The van der Waals surface area contributed by atoms with E-state index < -0.39 is 0 Å². The summed E-state index contributed by atoms with van der Waals surface area (Å²) in [6, 6.07) is 18.4. The Bertz CT molecular complexity index is 1020. The lowest BCUT2D eigenvalue weighted by Crippen LogP contribution is -1.91. The third-order valence-electron chi connectivity index (χ3n) is 4.07. The Labute approximate surface area is 150 Å². The van der Waals surface area contributed by atoms with Crippen LogP contribution in [0.3, 0.4) is 0 Å². The van der Waals surface area contributed by atoms with Crippen LogP contribution in [0.2, 0.25) is 0 Å². The second-order valence-corrected chi connectivity index (χ2v) is 6.61. The highest BCUT2D eigenvalue weighted by molar-refractivity contribution is 7.21. The van der Waals surface area contributed by atoms with Crippen molar-refractivity contribution >= 4 is 27.4 Å². The molecule has 0 radical (unpaired) electrons. The summed E-state index contributed by atoms with van der Waals surface area (Å²) in [5, 5.41) is 4.16. The van der Waals surface area contributed by atoms with Gasteiger partial charge in [-0.3, -0.25) is 0 Å². The summed E-state index contributed by atoms with van der Waals surface area (Å²) in [5.41, 5.74) is 3.03. The number of benzene rings is 1. The number of hydrogen-bond donors (Lipinski definition) is 1. The normalized spacial score (nSPS) is 10.8. The highest BCUT2D eigenvalue weighted by atomic mass is 32.1. The molecule has 0 aliphatic rings. The van der Waals surface area contributed by atoms with E-state index in [4.69, 9.17) is 9.72 Å². The first-order valence-electron chi connectivity index (χ1n) is 7.96. The summed E-state index contributed by atoms with van der Waals surface area (Å²) in [5.74, 6) is 1.72. The van der Waals surface area contributed by atoms with Gasteiger partial charge in [-0.05, 0) is 42.5 Å². The zero-order valence-corrected chi connectivity index (χ0v) is 14.8. The van der Waals surface area contributed by atoms with E-state index in [1.165, 1.54) is 0 Å². The summed E-state index contributed by atoms with van der Waals surface area (Å²) in [4.78, 5) is 11.3. The molecule has 0 saturated heterocycles. The SMILES string of the molecule is CNc1ccc(-c2ccc3cc(-c4ccccc4OC)sc3n2)cn1. The monoisotopic (exact) mass is 347 g/mol. The van der Waals surface area contributed by atoms with Crippen molar-refractivity contribution in [3.63, 3.8) is 0 Å². The van der Waals surface area contributed by atoms with Crippen molar-refractivity contribution in [2.45, 2.75) is 0 Å². The maximum atomic E-state index is 5.48. The van der Waals surface area contributed by atoms with Crippen LogP contribution in [0.15, 0.2) is 60.8 Å². The van der Waals surface area contributed by atoms with Crippen LogP contribution in [0, 0.1) is 0 Å². The van der Waals surface area contributed by atoms with Gasteiger partial charge in [0.2, 0.25) is 0 Å². The molecule has 0 fully saturated rings. The molecule has 0 aliphatic carbocycles. The first-order chi connectivity index (χ1) is 12.3. The summed E-state index contributed by atoms with van der Waals surface area (Å²) in [6.07, 6.45) is 1.84. The molecule has 4 nitrogen and oxygen atoms in total. The Kier molecular flexibility index (Phi) is 4.07. The molecule has 0 spiro atoms. The predicted molar refractivity (Wildman–Crippen MR) is 104 cm³/mol. The number of anilines is 1. The summed E-state index contributed by atoms with van der Waals surface area (Å²) in [6.45, 7) is 0. The lowest BCUT2D eigenvalue weighted by atomic mass is 10.1. The van der Waals surface area contributed by atoms with Crippen molar-refractivity contribution in [1.82, 2.24) is 9.97 Å². The highest BCUT2D eigenvalue weighted by Crippen LogP contribution is 2.38. The molecule has 1 aromatic carbocycles. The number of para-hydroxylation sites is 1. The Balaban J connectivity index is 1.76.